The maximum Gasteiger partial charge on any atom is 0.225 e. The normalized spacial score (nSPS) is 15.7. The number of nitrogens with one attached hydrogen (secondary N) is 1. The van der Waals surface area contributed by atoms with Crippen LogP contribution in [0, 0.1) is 23.3 Å². The van der Waals surface area contributed by atoms with Gasteiger partial charge in [0.2, 0.25) is 5.91 Å². The van der Waals surface area contributed by atoms with Gasteiger partial charge in [-0.15, -0.1) is 0 Å². The molecule has 31 heavy (non-hydrogen) atoms. The second-order valence-corrected chi connectivity index (χ2v) is 7.65. The second kappa shape index (κ2) is 7.27. The molecular weight excluding hydrogens is 408 g/mol. The summed E-state index contributed by atoms with van der Waals surface area (Å²) in [7, 11) is 0. The summed E-state index contributed by atoms with van der Waals surface area (Å²) in [6.07, 6.45) is 1.75. The van der Waals surface area contributed by atoms with E-state index in [1.807, 2.05) is 16.8 Å². The van der Waals surface area contributed by atoms with Crippen molar-refractivity contribution < 1.29 is 22.4 Å². The minimum absolute atomic E-state index is 0.0573. The maximum absolute atomic E-state index is 14.0. The first-order valence-corrected chi connectivity index (χ1v) is 9.71. The van der Waals surface area contributed by atoms with Gasteiger partial charge in [-0.05, 0) is 53.1 Å². The lowest BCUT2D eigenvalue weighted by molar-refractivity contribution is -0.116. The van der Waals surface area contributed by atoms with Crippen LogP contribution in [0.1, 0.15) is 29.0 Å². The number of nitrogens with zero attached hydrogens (tertiary/aromatic N) is 1. The van der Waals surface area contributed by atoms with Crippen LogP contribution in [0.4, 0.5) is 23.2 Å². The van der Waals surface area contributed by atoms with Gasteiger partial charge in [0.15, 0.2) is 17.5 Å². The Labute approximate surface area is 174 Å². The van der Waals surface area contributed by atoms with E-state index >= 15 is 0 Å². The number of aromatic nitrogens is 1. The van der Waals surface area contributed by atoms with Crippen molar-refractivity contribution in [1.29, 1.82) is 0 Å². The summed E-state index contributed by atoms with van der Waals surface area (Å²) in [5, 5.41) is 3.58. The van der Waals surface area contributed by atoms with Gasteiger partial charge in [-0.3, -0.25) is 4.79 Å². The summed E-state index contributed by atoms with van der Waals surface area (Å²) in [4.78, 5) is 12.5. The number of amides is 1. The molecule has 0 radical (unpaired) electrons. The number of rotatable bonds is 3. The van der Waals surface area contributed by atoms with Gasteiger partial charge in [0.05, 0.1) is 11.2 Å². The molecule has 1 unspecified atom stereocenters. The van der Waals surface area contributed by atoms with E-state index in [4.69, 9.17) is 0 Å². The predicted octanol–water partition coefficient (Wildman–Crippen LogP) is 5.72. The predicted molar refractivity (Wildman–Crippen MR) is 109 cm³/mol. The molecule has 0 bridgehead atoms. The fourth-order valence-electron chi connectivity index (χ4n) is 4.29. The Morgan fingerprint density at radius 3 is 2.45 bits per heavy atom. The first-order valence-electron chi connectivity index (χ1n) is 9.71. The van der Waals surface area contributed by atoms with E-state index in [-0.39, 0.29) is 23.7 Å². The van der Waals surface area contributed by atoms with Crippen LogP contribution in [0.2, 0.25) is 0 Å². The molecule has 1 aromatic heterocycles. The Balaban J connectivity index is 1.70. The molecule has 156 valence electrons. The zero-order valence-corrected chi connectivity index (χ0v) is 16.1. The Morgan fingerprint density at radius 1 is 0.968 bits per heavy atom. The third kappa shape index (κ3) is 3.36. The summed E-state index contributed by atoms with van der Waals surface area (Å²) < 4.78 is 57.0. The van der Waals surface area contributed by atoms with Gasteiger partial charge < -0.3 is 9.88 Å². The van der Waals surface area contributed by atoms with Crippen molar-refractivity contribution in [2.24, 2.45) is 0 Å². The van der Waals surface area contributed by atoms with Crippen LogP contribution in [0.25, 0.3) is 10.9 Å². The molecule has 0 saturated carbocycles. The van der Waals surface area contributed by atoms with Crippen molar-refractivity contribution in [3.63, 3.8) is 0 Å². The molecule has 4 aromatic rings. The van der Waals surface area contributed by atoms with Crippen molar-refractivity contribution in [3.05, 3.63) is 101 Å². The highest BCUT2D eigenvalue weighted by Gasteiger charge is 2.29. The SMILES string of the molecule is O=C1CC(c2cc(F)c(F)c(F)c2)c2cn(Cc3cccc(F)c3)c3cccc(c23)N1. The Morgan fingerprint density at radius 2 is 1.71 bits per heavy atom. The molecule has 1 amide bonds. The van der Waals surface area contributed by atoms with E-state index < -0.39 is 23.4 Å². The van der Waals surface area contributed by atoms with E-state index in [2.05, 4.69) is 5.32 Å². The van der Waals surface area contributed by atoms with Gasteiger partial charge in [0.1, 0.15) is 5.82 Å². The summed E-state index contributed by atoms with van der Waals surface area (Å²) in [5.41, 5.74) is 2.97. The molecule has 0 spiro atoms. The molecule has 3 aromatic carbocycles. The number of hydrogen-bond acceptors (Lipinski definition) is 1. The minimum Gasteiger partial charge on any atom is -0.343 e. The molecule has 0 aliphatic carbocycles. The molecule has 1 atom stereocenters. The van der Waals surface area contributed by atoms with Gasteiger partial charge >= 0.3 is 0 Å². The van der Waals surface area contributed by atoms with Gasteiger partial charge in [0.25, 0.3) is 0 Å². The number of carbonyl (C=O) groups excluding carboxylic acids is 1. The lowest BCUT2D eigenvalue weighted by atomic mass is 9.88. The number of hydrogen-bond donors (Lipinski definition) is 1. The first-order chi connectivity index (χ1) is 14.9. The van der Waals surface area contributed by atoms with Crippen LogP contribution in [0.15, 0.2) is 60.8 Å². The number of anilines is 1. The number of halogens is 4. The topological polar surface area (TPSA) is 34.0 Å². The average Bonchev–Trinajstić information content (AvgIpc) is 3.01. The molecule has 0 saturated heterocycles. The van der Waals surface area contributed by atoms with Crippen LogP contribution >= 0.6 is 0 Å². The summed E-state index contributed by atoms with van der Waals surface area (Å²) in [5.74, 6) is -5.48. The number of carbonyl (C=O) groups is 1. The Kier molecular flexibility index (Phi) is 4.54. The van der Waals surface area contributed by atoms with Crippen LogP contribution < -0.4 is 5.32 Å². The van der Waals surface area contributed by atoms with E-state index in [1.165, 1.54) is 12.1 Å². The molecule has 1 aliphatic heterocycles. The molecule has 5 rings (SSSR count). The highest BCUT2D eigenvalue weighted by atomic mass is 19.2. The molecule has 2 heterocycles. The van der Waals surface area contributed by atoms with Gasteiger partial charge in [0, 0.05) is 30.5 Å². The monoisotopic (exact) mass is 424 g/mol. The van der Waals surface area contributed by atoms with Crippen molar-refractivity contribution in [1.82, 2.24) is 4.57 Å². The third-order valence-corrected chi connectivity index (χ3v) is 5.62. The van der Waals surface area contributed by atoms with Crippen LogP contribution in [0.5, 0.6) is 0 Å². The fourth-order valence-corrected chi connectivity index (χ4v) is 4.29. The van der Waals surface area contributed by atoms with Crippen LogP contribution in [-0.2, 0) is 11.3 Å². The molecule has 7 heteroatoms. The maximum atomic E-state index is 14.0. The highest BCUT2D eigenvalue weighted by molar-refractivity contribution is 6.06. The standard InChI is InChI=1S/C24H16F4N2O/c25-15-4-1-3-13(7-15)11-30-12-17-16(14-8-18(26)24(28)19(27)9-14)10-22(31)29-20-5-2-6-21(30)23(17)20/h1-9,12,16H,10-11H2,(H,29,31). The Bertz CT molecular complexity index is 1320. The van der Waals surface area contributed by atoms with Crippen LogP contribution in [0.3, 0.4) is 0 Å². The molecule has 0 fully saturated rings. The van der Waals surface area contributed by atoms with Crippen molar-refractivity contribution in [2.45, 2.75) is 18.9 Å². The number of benzene rings is 3. The fraction of sp³-hybridized carbons (Fsp3) is 0.125. The van der Waals surface area contributed by atoms with Crippen LogP contribution in [-0.4, -0.2) is 10.5 Å². The molecular formula is C24H16F4N2O. The van der Waals surface area contributed by atoms with E-state index in [9.17, 15) is 22.4 Å². The largest absolute Gasteiger partial charge is 0.343 e. The first kappa shape index (κ1) is 19.4. The lowest BCUT2D eigenvalue weighted by Gasteiger charge is -2.15. The highest BCUT2D eigenvalue weighted by Crippen LogP contribution is 2.41. The third-order valence-electron chi connectivity index (χ3n) is 5.62. The smallest absolute Gasteiger partial charge is 0.225 e. The zero-order chi connectivity index (χ0) is 21.7. The summed E-state index contributed by atoms with van der Waals surface area (Å²) in [6.45, 7) is 0.366. The van der Waals surface area contributed by atoms with Crippen molar-refractivity contribution in [3.8, 4) is 0 Å². The summed E-state index contributed by atoms with van der Waals surface area (Å²) >= 11 is 0. The molecule has 1 aliphatic rings. The van der Waals surface area contributed by atoms with Crippen molar-refractivity contribution in [2.75, 3.05) is 5.32 Å². The lowest BCUT2D eigenvalue weighted by Crippen LogP contribution is -2.14. The quantitative estimate of drug-likeness (QED) is 0.331. The summed E-state index contributed by atoms with van der Waals surface area (Å²) in [6, 6.07) is 13.5. The van der Waals surface area contributed by atoms with E-state index in [0.717, 1.165) is 28.6 Å². The van der Waals surface area contributed by atoms with Gasteiger partial charge in [-0.1, -0.05) is 18.2 Å². The van der Waals surface area contributed by atoms with Gasteiger partial charge in [-0.25, -0.2) is 17.6 Å². The van der Waals surface area contributed by atoms with Gasteiger partial charge in [-0.2, -0.15) is 0 Å². The minimum atomic E-state index is -1.55. The van der Waals surface area contributed by atoms with Crippen molar-refractivity contribution >= 4 is 22.5 Å². The second-order valence-electron chi connectivity index (χ2n) is 7.65. The van der Waals surface area contributed by atoms with E-state index in [1.54, 1.807) is 24.3 Å². The van der Waals surface area contributed by atoms with E-state index in [0.29, 0.717) is 17.8 Å². The molecule has 3 nitrogen and oxygen atoms in total. The average molecular weight is 424 g/mol. The Hall–Kier alpha value is -3.61. The molecule has 1 N–H and O–H groups in total. The zero-order valence-electron chi connectivity index (χ0n) is 16.1.